The molecule has 0 unspecified atom stereocenters. The number of nitrogens with zero attached hydrogens (tertiary/aromatic N) is 2. The van der Waals surface area contributed by atoms with E-state index in [1.807, 2.05) is 29.6 Å². The second-order valence-electron chi connectivity index (χ2n) is 4.26. The first-order chi connectivity index (χ1) is 9.72. The molecular weight excluding hydrogens is 292 g/mol. The maximum Gasteiger partial charge on any atom is 0.270 e. The number of fused-ring (bicyclic) bond motifs is 3. The highest BCUT2D eigenvalue weighted by Crippen LogP contribution is 2.32. The Labute approximate surface area is 120 Å². The van der Waals surface area contributed by atoms with Crippen molar-refractivity contribution in [3.8, 4) is 10.6 Å². The van der Waals surface area contributed by atoms with Crippen LogP contribution in [-0.4, -0.2) is 15.0 Å². The number of nitrogens with two attached hydrogens (primary N) is 1. The van der Waals surface area contributed by atoms with Gasteiger partial charge in [0.25, 0.3) is 5.56 Å². The quantitative estimate of drug-likeness (QED) is 0.566. The van der Waals surface area contributed by atoms with Gasteiger partial charge in [0.15, 0.2) is 0 Å². The summed E-state index contributed by atoms with van der Waals surface area (Å²) >= 11 is 2.98. The zero-order valence-electron chi connectivity index (χ0n) is 10.1. The average molecular weight is 300 g/mol. The fourth-order valence-electron chi connectivity index (χ4n) is 2.11. The highest BCUT2D eigenvalue weighted by molar-refractivity contribution is 7.25. The number of hydrogen-bond acceptors (Lipinski definition) is 6. The zero-order chi connectivity index (χ0) is 13.7. The van der Waals surface area contributed by atoms with Crippen molar-refractivity contribution in [2.24, 2.45) is 0 Å². The predicted octanol–water partition coefficient (Wildman–Crippen LogP) is 2.84. The largest absolute Gasteiger partial charge is 0.369 e. The van der Waals surface area contributed by atoms with Gasteiger partial charge in [-0.25, -0.2) is 9.97 Å². The smallest absolute Gasteiger partial charge is 0.270 e. The van der Waals surface area contributed by atoms with Crippen molar-refractivity contribution in [1.29, 1.82) is 0 Å². The lowest BCUT2D eigenvalue weighted by Gasteiger charge is -1.96. The Balaban J connectivity index is 2.07. The van der Waals surface area contributed by atoms with Gasteiger partial charge < -0.3 is 5.73 Å². The molecule has 0 saturated carbocycles. The summed E-state index contributed by atoms with van der Waals surface area (Å²) in [6.45, 7) is 0. The van der Waals surface area contributed by atoms with Gasteiger partial charge in [0.05, 0.1) is 10.6 Å². The van der Waals surface area contributed by atoms with Crippen molar-refractivity contribution in [3.63, 3.8) is 0 Å². The van der Waals surface area contributed by atoms with E-state index in [0.29, 0.717) is 10.2 Å². The van der Waals surface area contributed by atoms with E-state index in [0.717, 1.165) is 20.8 Å². The van der Waals surface area contributed by atoms with E-state index in [4.69, 9.17) is 5.73 Å². The minimum absolute atomic E-state index is 0.129. The molecule has 0 saturated heterocycles. The highest BCUT2D eigenvalue weighted by atomic mass is 32.1. The first kappa shape index (κ1) is 11.6. The third kappa shape index (κ3) is 1.64. The normalized spacial score (nSPS) is 11.4. The van der Waals surface area contributed by atoms with Crippen LogP contribution < -0.4 is 11.3 Å². The summed E-state index contributed by atoms with van der Waals surface area (Å²) < 4.78 is 0.560. The van der Waals surface area contributed by atoms with Crippen molar-refractivity contribution in [2.75, 3.05) is 5.73 Å². The van der Waals surface area contributed by atoms with Crippen LogP contribution in [0.15, 0.2) is 34.4 Å². The van der Waals surface area contributed by atoms with E-state index in [1.165, 1.54) is 11.3 Å². The van der Waals surface area contributed by atoms with Crippen LogP contribution in [0.25, 0.3) is 31.0 Å². The molecule has 4 aromatic rings. The second-order valence-corrected chi connectivity index (χ2v) is 6.20. The fraction of sp³-hybridized carbons (Fsp3) is 0. The first-order valence-corrected chi connectivity index (χ1v) is 7.55. The predicted molar refractivity (Wildman–Crippen MR) is 83.3 cm³/mol. The van der Waals surface area contributed by atoms with Crippen molar-refractivity contribution < 1.29 is 0 Å². The lowest BCUT2D eigenvalue weighted by molar-refractivity contribution is 1.20. The minimum atomic E-state index is -0.215. The molecule has 0 aliphatic heterocycles. The molecule has 0 fully saturated rings. The number of nitrogen functional groups attached to an aromatic ring is 1. The van der Waals surface area contributed by atoms with Gasteiger partial charge in [0.1, 0.15) is 15.0 Å². The number of aromatic amines is 1. The highest BCUT2D eigenvalue weighted by Gasteiger charge is 2.12. The Hall–Kier alpha value is -2.25. The van der Waals surface area contributed by atoms with Crippen molar-refractivity contribution in [3.05, 3.63) is 40.0 Å². The SMILES string of the molecule is Nc1nc2c(sc3nc(-c4cccs4)ccc32)c(=O)[nH]1. The maximum absolute atomic E-state index is 11.9. The number of rotatable bonds is 1. The minimum Gasteiger partial charge on any atom is -0.369 e. The molecule has 0 amide bonds. The van der Waals surface area contributed by atoms with Crippen molar-refractivity contribution in [2.45, 2.75) is 0 Å². The van der Waals surface area contributed by atoms with Crippen molar-refractivity contribution in [1.82, 2.24) is 15.0 Å². The molecule has 0 aromatic carbocycles. The van der Waals surface area contributed by atoms with Gasteiger partial charge >= 0.3 is 0 Å². The van der Waals surface area contributed by atoms with Crippen LogP contribution in [0.2, 0.25) is 0 Å². The van der Waals surface area contributed by atoms with Gasteiger partial charge in [0.2, 0.25) is 5.95 Å². The van der Waals surface area contributed by atoms with Gasteiger partial charge in [-0.1, -0.05) is 6.07 Å². The maximum atomic E-state index is 11.9. The third-order valence-electron chi connectivity index (χ3n) is 2.98. The van der Waals surface area contributed by atoms with Crippen LogP contribution in [0.3, 0.4) is 0 Å². The number of aromatic nitrogens is 3. The Morgan fingerprint density at radius 1 is 1.20 bits per heavy atom. The van der Waals surface area contributed by atoms with Crippen LogP contribution in [0.4, 0.5) is 5.95 Å². The number of thiophene rings is 2. The van der Waals surface area contributed by atoms with Gasteiger partial charge in [-0.2, -0.15) is 0 Å². The molecule has 0 aliphatic rings. The van der Waals surface area contributed by atoms with E-state index in [2.05, 4.69) is 15.0 Å². The molecule has 4 aromatic heterocycles. The Kier molecular flexibility index (Phi) is 2.38. The molecular formula is C13H8N4OS2. The summed E-state index contributed by atoms with van der Waals surface area (Å²) in [7, 11) is 0. The van der Waals surface area contributed by atoms with Crippen LogP contribution >= 0.6 is 22.7 Å². The van der Waals surface area contributed by atoms with Crippen LogP contribution in [0.5, 0.6) is 0 Å². The standard InChI is InChI=1S/C13H8N4OS2/c14-13-16-9-6-3-4-7(8-2-1-5-19-8)15-12(6)20-10(9)11(18)17-13/h1-5H,(H3,14,16,17,18). The number of hydrogen-bond donors (Lipinski definition) is 2. The molecule has 20 heavy (non-hydrogen) atoms. The van der Waals surface area contributed by atoms with Crippen LogP contribution in [-0.2, 0) is 0 Å². The third-order valence-corrected chi connectivity index (χ3v) is 4.96. The molecule has 0 atom stereocenters. The zero-order valence-corrected chi connectivity index (χ0v) is 11.7. The van der Waals surface area contributed by atoms with E-state index < -0.39 is 0 Å². The molecule has 5 nitrogen and oxygen atoms in total. The Morgan fingerprint density at radius 3 is 2.90 bits per heavy atom. The van der Waals surface area contributed by atoms with E-state index in [1.54, 1.807) is 11.3 Å². The molecule has 4 rings (SSSR count). The lowest BCUT2D eigenvalue weighted by Crippen LogP contribution is -2.09. The van der Waals surface area contributed by atoms with Gasteiger partial charge in [-0.3, -0.25) is 9.78 Å². The second kappa shape index (κ2) is 4.12. The first-order valence-electron chi connectivity index (χ1n) is 5.85. The molecule has 0 spiro atoms. The van der Waals surface area contributed by atoms with Gasteiger partial charge in [0, 0.05) is 5.39 Å². The fourth-order valence-corrected chi connectivity index (χ4v) is 3.82. The van der Waals surface area contributed by atoms with E-state index in [-0.39, 0.29) is 11.5 Å². The number of anilines is 1. The molecule has 7 heteroatoms. The average Bonchev–Trinajstić information content (AvgIpc) is 3.05. The van der Waals surface area contributed by atoms with Gasteiger partial charge in [-0.05, 0) is 23.6 Å². The Bertz CT molecular complexity index is 985. The summed E-state index contributed by atoms with van der Waals surface area (Å²) in [5.41, 5.74) is 6.91. The van der Waals surface area contributed by atoms with Crippen LogP contribution in [0.1, 0.15) is 0 Å². The number of nitrogens with one attached hydrogen (secondary N) is 1. The summed E-state index contributed by atoms with van der Waals surface area (Å²) in [5, 5.41) is 2.88. The van der Waals surface area contributed by atoms with Gasteiger partial charge in [-0.15, -0.1) is 22.7 Å². The van der Waals surface area contributed by atoms with Crippen LogP contribution in [0, 0.1) is 0 Å². The Morgan fingerprint density at radius 2 is 2.10 bits per heavy atom. The molecule has 4 heterocycles. The molecule has 0 radical (unpaired) electrons. The summed E-state index contributed by atoms with van der Waals surface area (Å²) in [6.07, 6.45) is 0. The van der Waals surface area contributed by atoms with Crippen molar-refractivity contribution >= 4 is 49.1 Å². The number of pyridine rings is 1. The summed E-state index contributed by atoms with van der Waals surface area (Å²) in [6, 6.07) is 7.90. The summed E-state index contributed by atoms with van der Waals surface area (Å²) in [5.74, 6) is 0.129. The molecule has 98 valence electrons. The van der Waals surface area contributed by atoms with E-state index in [9.17, 15) is 4.79 Å². The molecule has 0 aliphatic carbocycles. The summed E-state index contributed by atoms with van der Waals surface area (Å²) in [4.78, 5) is 25.1. The lowest BCUT2D eigenvalue weighted by atomic mass is 10.2. The number of H-pyrrole nitrogens is 1. The topological polar surface area (TPSA) is 84.7 Å². The monoisotopic (exact) mass is 300 g/mol. The molecule has 0 bridgehead atoms. The van der Waals surface area contributed by atoms with E-state index >= 15 is 0 Å². The molecule has 3 N–H and O–H groups in total.